The van der Waals surface area contributed by atoms with Crippen molar-refractivity contribution in [2.24, 2.45) is 5.41 Å². The Bertz CT molecular complexity index is 1540. The van der Waals surface area contributed by atoms with E-state index in [4.69, 9.17) is 9.47 Å². The zero-order valence-electron chi connectivity index (χ0n) is 30.0. The molecule has 4 N–H and O–H groups in total. The van der Waals surface area contributed by atoms with Gasteiger partial charge in [0.05, 0.1) is 19.2 Å². The molecule has 1 aromatic carbocycles. The lowest BCUT2D eigenvalue weighted by Gasteiger charge is -2.36. The van der Waals surface area contributed by atoms with E-state index >= 15 is 0 Å². The number of nitrogens with zero attached hydrogens (tertiary/aromatic N) is 2. The topological polar surface area (TPSA) is 168 Å². The smallest absolute Gasteiger partial charge is 0.315 e. The molecule has 0 spiro atoms. The fraction of sp³-hybridized carbons (Fsp3) is 0.611. The summed E-state index contributed by atoms with van der Waals surface area (Å²) in [6.45, 7) is 15.3. The van der Waals surface area contributed by atoms with Crippen LogP contribution in [-0.2, 0) is 19.2 Å². The minimum Gasteiger partial charge on any atom is -0.494 e. The number of urea groups is 1. The van der Waals surface area contributed by atoms with E-state index in [0.717, 1.165) is 23.6 Å². The number of carbonyl (C=O) groups excluding carboxylic acids is 5. The van der Waals surface area contributed by atoms with Crippen molar-refractivity contribution < 1.29 is 33.4 Å². The van der Waals surface area contributed by atoms with Crippen molar-refractivity contribution in [1.29, 1.82) is 0 Å². The van der Waals surface area contributed by atoms with Crippen LogP contribution in [0.3, 0.4) is 0 Å². The van der Waals surface area contributed by atoms with Crippen LogP contribution in [0.2, 0.25) is 0 Å². The third-order valence-electron chi connectivity index (χ3n) is 8.36. The van der Waals surface area contributed by atoms with Crippen LogP contribution in [0.5, 0.6) is 11.6 Å². The van der Waals surface area contributed by atoms with E-state index in [1.807, 2.05) is 79.7 Å². The van der Waals surface area contributed by atoms with E-state index in [0.29, 0.717) is 24.7 Å². The molecule has 1 saturated heterocycles. The van der Waals surface area contributed by atoms with E-state index < -0.39 is 64.7 Å². The van der Waals surface area contributed by atoms with E-state index in [1.165, 1.54) is 4.90 Å². The number of aromatic nitrogens is 1. The van der Waals surface area contributed by atoms with E-state index in [2.05, 4.69) is 26.3 Å². The molecule has 1 unspecified atom stereocenters. The molecule has 1 aliphatic heterocycles. The average Bonchev–Trinajstić information content (AvgIpc) is 3.73. The van der Waals surface area contributed by atoms with Gasteiger partial charge in [-0.25, -0.2) is 9.78 Å². The maximum absolute atomic E-state index is 14.4. The monoisotopic (exact) mass is 680 g/mol. The van der Waals surface area contributed by atoms with Crippen molar-refractivity contribution >= 4 is 40.3 Å². The Hall–Kier alpha value is -4.42. The molecule has 1 saturated carbocycles. The van der Waals surface area contributed by atoms with Crippen LogP contribution in [-0.4, -0.2) is 88.4 Å². The predicted molar refractivity (Wildman–Crippen MR) is 185 cm³/mol. The maximum atomic E-state index is 14.4. The fourth-order valence-electron chi connectivity index (χ4n) is 5.80. The zero-order valence-corrected chi connectivity index (χ0v) is 30.0. The number of likely N-dealkylation sites (tertiary alicyclic amines) is 1. The molecule has 2 aromatic rings. The molecule has 4 atom stereocenters. The number of fused-ring (bicyclic) bond motifs is 1. The quantitative estimate of drug-likeness (QED) is 0.233. The highest BCUT2D eigenvalue weighted by Crippen LogP contribution is 2.32. The summed E-state index contributed by atoms with van der Waals surface area (Å²) in [6, 6.07) is 3.78. The SMILES string of the molecule is CCC[C@H](NC(=O)[C@@H]1CC(Oc2nccc3cc(OCC)ccc23)CN1C(=O)[C@@H](NC(=O)NC(C)(C)C)C(C)(C)C)C(=O)C(=O)NC1CC1. The lowest BCUT2D eigenvalue weighted by atomic mass is 9.85. The highest BCUT2D eigenvalue weighted by molar-refractivity contribution is 6.38. The number of ketones is 1. The molecule has 1 aliphatic carbocycles. The van der Waals surface area contributed by atoms with E-state index in [1.54, 1.807) is 6.20 Å². The minimum atomic E-state index is -1.05. The molecule has 1 aromatic heterocycles. The van der Waals surface area contributed by atoms with Gasteiger partial charge in [0.25, 0.3) is 5.91 Å². The molecule has 4 rings (SSSR count). The van der Waals surface area contributed by atoms with Gasteiger partial charge >= 0.3 is 6.03 Å². The number of hydrogen-bond donors (Lipinski definition) is 4. The molecule has 2 aliphatic rings. The van der Waals surface area contributed by atoms with Gasteiger partial charge in [-0.05, 0) is 82.0 Å². The minimum absolute atomic E-state index is 0.0129. The van der Waals surface area contributed by atoms with Crippen LogP contribution in [0.15, 0.2) is 30.5 Å². The van der Waals surface area contributed by atoms with Gasteiger partial charge in [-0.1, -0.05) is 34.1 Å². The first-order valence-electron chi connectivity index (χ1n) is 17.2. The summed E-state index contributed by atoms with van der Waals surface area (Å²) in [5.74, 6) is -1.45. The van der Waals surface area contributed by atoms with Gasteiger partial charge in [0.2, 0.25) is 23.5 Å². The number of carbonyl (C=O) groups is 5. The average molecular weight is 681 g/mol. The van der Waals surface area contributed by atoms with Gasteiger partial charge in [-0.2, -0.15) is 0 Å². The number of Topliss-reactive ketones (excluding diaryl/α,β-unsaturated/α-hetero) is 1. The van der Waals surface area contributed by atoms with Gasteiger partial charge in [0, 0.05) is 29.6 Å². The third-order valence-corrected chi connectivity index (χ3v) is 8.36. The maximum Gasteiger partial charge on any atom is 0.315 e. The van der Waals surface area contributed by atoms with E-state index in [-0.39, 0.29) is 25.4 Å². The summed E-state index contributed by atoms with van der Waals surface area (Å²) >= 11 is 0. The summed E-state index contributed by atoms with van der Waals surface area (Å²) in [5.41, 5.74) is -1.28. The molecular formula is C36H52N6O7. The highest BCUT2D eigenvalue weighted by Gasteiger charge is 2.47. The van der Waals surface area contributed by atoms with Crippen LogP contribution >= 0.6 is 0 Å². The first kappa shape index (κ1) is 37.4. The van der Waals surface area contributed by atoms with Crippen LogP contribution in [0.25, 0.3) is 10.8 Å². The summed E-state index contributed by atoms with van der Waals surface area (Å²) in [4.78, 5) is 73.0. The van der Waals surface area contributed by atoms with Crippen molar-refractivity contribution in [2.45, 2.75) is 123 Å². The van der Waals surface area contributed by atoms with Crippen LogP contribution in [0.1, 0.15) is 87.5 Å². The van der Waals surface area contributed by atoms with Crippen LogP contribution in [0, 0.1) is 5.41 Å². The Morgan fingerprint density at radius 2 is 1.71 bits per heavy atom. The largest absolute Gasteiger partial charge is 0.494 e. The summed E-state index contributed by atoms with van der Waals surface area (Å²) in [7, 11) is 0. The molecule has 5 amide bonds. The van der Waals surface area contributed by atoms with Crippen molar-refractivity contribution in [1.82, 2.24) is 31.2 Å². The van der Waals surface area contributed by atoms with Crippen LogP contribution in [0.4, 0.5) is 4.79 Å². The Morgan fingerprint density at radius 1 is 1.00 bits per heavy atom. The normalized spacial score (nSPS) is 19.1. The van der Waals surface area contributed by atoms with Crippen LogP contribution < -0.4 is 30.7 Å². The summed E-state index contributed by atoms with van der Waals surface area (Å²) in [6.07, 6.45) is 3.51. The Morgan fingerprint density at radius 3 is 2.33 bits per heavy atom. The number of amides is 5. The summed E-state index contributed by atoms with van der Waals surface area (Å²) in [5, 5.41) is 12.7. The van der Waals surface area contributed by atoms with Crippen molar-refractivity contribution in [3.8, 4) is 11.6 Å². The standard InChI is InChI=1S/C36H52N6O7/c1-9-11-26(28(43)31(45)38-22-12-13-22)39-30(44)27-19-24(49-32-25-15-14-23(48-10-2)18-21(25)16-17-37-32)20-42(27)33(46)29(35(3,4)5)40-34(47)41-36(6,7)8/h14-18,22,24,26-27,29H,9-13,19-20H2,1-8H3,(H,38,45)(H,39,44)(H2,40,41,47)/t24?,26-,27-,29+/m0/s1. The highest BCUT2D eigenvalue weighted by atomic mass is 16.5. The second-order valence-electron chi connectivity index (χ2n) is 15.0. The Labute approximate surface area is 288 Å². The van der Waals surface area contributed by atoms with Gasteiger partial charge in [0.1, 0.15) is 23.9 Å². The van der Waals surface area contributed by atoms with Gasteiger partial charge in [-0.3, -0.25) is 19.2 Å². The van der Waals surface area contributed by atoms with Crippen molar-refractivity contribution in [3.63, 3.8) is 0 Å². The molecule has 13 nitrogen and oxygen atoms in total. The second-order valence-corrected chi connectivity index (χ2v) is 15.0. The summed E-state index contributed by atoms with van der Waals surface area (Å²) < 4.78 is 12.0. The van der Waals surface area contributed by atoms with E-state index in [9.17, 15) is 24.0 Å². The number of nitrogens with one attached hydrogen (secondary N) is 4. The van der Waals surface area contributed by atoms with Gasteiger partial charge in [-0.15, -0.1) is 0 Å². The van der Waals surface area contributed by atoms with Gasteiger partial charge < -0.3 is 35.6 Å². The molecule has 13 heteroatoms. The number of rotatable bonds is 13. The molecule has 0 radical (unpaired) electrons. The first-order valence-corrected chi connectivity index (χ1v) is 17.2. The number of hydrogen-bond acceptors (Lipinski definition) is 8. The zero-order chi connectivity index (χ0) is 36.1. The molecule has 2 heterocycles. The first-order chi connectivity index (χ1) is 23.0. The fourth-order valence-corrected chi connectivity index (χ4v) is 5.80. The molecule has 49 heavy (non-hydrogen) atoms. The molecule has 268 valence electrons. The third kappa shape index (κ3) is 10.1. The Kier molecular flexibility index (Phi) is 11.8. The second kappa shape index (κ2) is 15.4. The predicted octanol–water partition coefficient (Wildman–Crippen LogP) is 3.63. The number of pyridine rings is 1. The van der Waals surface area contributed by atoms with Crippen molar-refractivity contribution in [2.75, 3.05) is 13.2 Å². The number of ether oxygens (including phenoxy) is 2. The Balaban J connectivity index is 1.63. The molecular weight excluding hydrogens is 628 g/mol. The lowest BCUT2D eigenvalue weighted by molar-refractivity contribution is -0.144. The molecule has 2 fully saturated rings. The number of benzene rings is 1. The lowest BCUT2D eigenvalue weighted by Crippen LogP contribution is -2.61. The van der Waals surface area contributed by atoms with Gasteiger partial charge in [0.15, 0.2) is 0 Å². The molecule has 0 bridgehead atoms. The van der Waals surface area contributed by atoms with Crippen molar-refractivity contribution in [3.05, 3.63) is 30.5 Å².